The average Bonchev–Trinajstić information content (AvgIpc) is 3.12. The second kappa shape index (κ2) is 5.47. The van der Waals surface area contributed by atoms with Crippen LogP contribution in [0.2, 0.25) is 0 Å². The maximum atomic E-state index is 12.0. The number of rotatable bonds is 4. The zero-order valence-electron chi connectivity index (χ0n) is 13.0. The van der Waals surface area contributed by atoms with Gasteiger partial charge in [-0.15, -0.1) is 0 Å². The molecule has 1 fully saturated rings. The van der Waals surface area contributed by atoms with Gasteiger partial charge in [-0.25, -0.2) is 4.79 Å². The molecule has 0 bridgehead atoms. The number of benzene rings is 1. The van der Waals surface area contributed by atoms with Gasteiger partial charge in [-0.1, -0.05) is 12.1 Å². The lowest BCUT2D eigenvalue weighted by molar-refractivity contribution is 0.0600. The lowest BCUT2D eigenvalue weighted by atomic mass is 10.0. The summed E-state index contributed by atoms with van der Waals surface area (Å²) in [6.45, 7) is 0. The van der Waals surface area contributed by atoms with Crippen LogP contribution in [0.3, 0.4) is 0 Å². The van der Waals surface area contributed by atoms with Crippen LogP contribution in [-0.4, -0.2) is 22.6 Å². The highest BCUT2D eigenvalue weighted by Gasteiger charge is 2.32. The second-order valence-electron chi connectivity index (χ2n) is 5.89. The first-order valence-electron chi connectivity index (χ1n) is 7.81. The second-order valence-corrected chi connectivity index (χ2v) is 5.89. The predicted molar refractivity (Wildman–Crippen MR) is 88.9 cm³/mol. The van der Waals surface area contributed by atoms with Gasteiger partial charge in [0.2, 0.25) is 0 Å². The molecule has 1 aromatic carbocycles. The van der Waals surface area contributed by atoms with Gasteiger partial charge in [0.15, 0.2) is 0 Å². The number of carbonyl (C=O) groups is 1. The zero-order chi connectivity index (χ0) is 15.8. The molecule has 0 saturated heterocycles. The smallest absolute Gasteiger partial charge is 0.339 e. The quantitative estimate of drug-likeness (QED) is 0.736. The molecule has 1 saturated carbocycles. The molecule has 4 heteroatoms. The fourth-order valence-corrected chi connectivity index (χ4v) is 3.06. The minimum absolute atomic E-state index is 0.265. The lowest BCUT2D eigenvalue weighted by Gasteiger charge is -2.08. The predicted octanol–water partition coefficient (Wildman–Crippen LogP) is 4.14. The van der Waals surface area contributed by atoms with Crippen molar-refractivity contribution < 1.29 is 9.53 Å². The van der Waals surface area contributed by atoms with Crippen molar-refractivity contribution >= 4 is 5.97 Å². The van der Waals surface area contributed by atoms with Gasteiger partial charge in [-0.05, 0) is 54.2 Å². The third-order valence-corrected chi connectivity index (χ3v) is 4.37. The van der Waals surface area contributed by atoms with Gasteiger partial charge in [0.1, 0.15) is 0 Å². The van der Waals surface area contributed by atoms with E-state index in [1.54, 1.807) is 6.20 Å². The van der Waals surface area contributed by atoms with Crippen LogP contribution < -0.4 is 0 Å². The van der Waals surface area contributed by atoms with Crippen LogP contribution in [0.4, 0.5) is 0 Å². The molecule has 1 aliphatic carbocycles. The van der Waals surface area contributed by atoms with Crippen molar-refractivity contribution in [1.29, 1.82) is 0 Å². The lowest BCUT2D eigenvalue weighted by Crippen LogP contribution is -2.02. The number of ether oxygens (including phenoxy) is 1. The van der Waals surface area contributed by atoms with E-state index in [1.807, 2.05) is 24.5 Å². The highest BCUT2D eigenvalue weighted by Crippen LogP contribution is 2.46. The largest absolute Gasteiger partial charge is 0.465 e. The Morgan fingerprint density at radius 2 is 1.87 bits per heavy atom. The molecule has 23 heavy (non-hydrogen) atoms. The van der Waals surface area contributed by atoms with Crippen LogP contribution in [0.25, 0.3) is 16.9 Å². The van der Waals surface area contributed by atoms with Gasteiger partial charge in [-0.2, -0.15) is 0 Å². The van der Waals surface area contributed by atoms with Crippen LogP contribution in [0.5, 0.6) is 0 Å². The molecule has 116 valence electrons. The molecular formula is C19H18N2O2. The minimum Gasteiger partial charge on any atom is -0.465 e. The topological polar surface area (TPSA) is 47.0 Å². The Balaban J connectivity index is 1.73. The molecule has 1 aliphatic rings. The summed E-state index contributed by atoms with van der Waals surface area (Å²) in [5.74, 6) is 0.202. The van der Waals surface area contributed by atoms with E-state index in [0.29, 0.717) is 11.5 Å². The van der Waals surface area contributed by atoms with E-state index in [1.165, 1.54) is 7.11 Å². The Hall–Kier alpha value is -2.75. The third kappa shape index (κ3) is 2.46. The van der Waals surface area contributed by atoms with Crippen molar-refractivity contribution in [2.75, 3.05) is 7.11 Å². The Morgan fingerprint density at radius 3 is 2.48 bits per heavy atom. The average molecular weight is 306 g/mol. The first-order valence-corrected chi connectivity index (χ1v) is 7.81. The number of H-pyrrole nitrogens is 1. The first kappa shape index (κ1) is 13.9. The third-order valence-electron chi connectivity index (χ3n) is 4.37. The van der Waals surface area contributed by atoms with Crippen LogP contribution in [0.1, 0.15) is 34.7 Å². The number of methoxy groups -OCH3 is 1. The van der Waals surface area contributed by atoms with Crippen LogP contribution >= 0.6 is 0 Å². The summed E-state index contributed by atoms with van der Waals surface area (Å²) in [5, 5.41) is 0. The van der Waals surface area contributed by atoms with Gasteiger partial charge in [0.25, 0.3) is 0 Å². The van der Waals surface area contributed by atoms with Crippen LogP contribution in [0.15, 0.2) is 55.0 Å². The Morgan fingerprint density at radius 1 is 1.17 bits per heavy atom. The molecule has 0 atom stereocenters. The first-order chi connectivity index (χ1) is 11.3. The van der Waals surface area contributed by atoms with Gasteiger partial charge in [-0.3, -0.25) is 0 Å². The number of esters is 1. The highest BCUT2D eigenvalue weighted by molar-refractivity contribution is 5.94. The normalized spacial score (nSPS) is 14.0. The van der Waals surface area contributed by atoms with E-state index in [-0.39, 0.29) is 5.97 Å². The summed E-state index contributed by atoms with van der Waals surface area (Å²) in [4.78, 5) is 15.2. The molecule has 0 radical (unpaired) electrons. The van der Waals surface area contributed by atoms with Gasteiger partial charge in [0.05, 0.1) is 12.7 Å². The van der Waals surface area contributed by atoms with Crippen molar-refractivity contribution in [3.8, 4) is 16.9 Å². The van der Waals surface area contributed by atoms with E-state index >= 15 is 0 Å². The number of aromatic amines is 1. The number of hydrogen-bond donors (Lipinski definition) is 1. The molecular weight excluding hydrogens is 288 g/mol. The summed E-state index contributed by atoms with van der Waals surface area (Å²) < 4.78 is 6.98. The molecule has 0 amide bonds. The standard InChI is InChI=1S/C19H18N2O2/c1-23-19(22)16-12-20-18(17(16)13-4-5-13)14-6-8-15(9-7-14)21-10-2-3-11-21/h2-3,6-13,20H,4-5H2,1H3. The molecule has 0 spiro atoms. The molecule has 4 rings (SSSR count). The van der Waals surface area contributed by atoms with Crippen molar-refractivity contribution in [3.05, 3.63) is 66.1 Å². The summed E-state index contributed by atoms with van der Waals surface area (Å²) in [7, 11) is 1.43. The number of carbonyl (C=O) groups excluding carboxylic acids is 1. The molecule has 2 heterocycles. The van der Waals surface area contributed by atoms with Gasteiger partial charge in [0, 0.05) is 30.0 Å². The Bertz CT molecular complexity index is 825. The fraction of sp³-hybridized carbons (Fsp3) is 0.211. The summed E-state index contributed by atoms with van der Waals surface area (Å²) in [6, 6.07) is 12.4. The van der Waals surface area contributed by atoms with Crippen LogP contribution in [-0.2, 0) is 4.74 Å². The number of nitrogens with one attached hydrogen (secondary N) is 1. The molecule has 1 N–H and O–H groups in total. The molecule has 4 nitrogen and oxygen atoms in total. The van der Waals surface area contributed by atoms with Crippen LogP contribution in [0, 0.1) is 0 Å². The molecule has 2 aromatic heterocycles. The molecule has 3 aromatic rings. The summed E-state index contributed by atoms with van der Waals surface area (Å²) >= 11 is 0. The van der Waals surface area contributed by atoms with Gasteiger partial charge < -0.3 is 14.3 Å². The van der Waals surface area contributed by atoms with Crippen molar-refractivity contribution in [2.45, 2.75) is 18.8 Å². The fourth-order valence-electron chi connectivity index (χ4n) is 3.06. The maximum Gasteiger partial charge on any atom is 0.339 e. The Kier molecular flexibility index (Phi) is 3.30. The van der Waals surface area contributed by atoms with Crippen molar-refractivity contribution in [3.63, 3.8) is 0 Å². The van der Waals surface area contributed by atoms with Crippen molar-refractivity contribution in [2.24, 2.45) is 0 Å². The van der Waals surface area contributed by atoms with E-state index in [4.69, 9.17) is 4.74 Å². The molecule has 0 aliphatic heterocycles. The molecule has 0 unspecified atom stereocenters. The van der Waals surface area contributed by atoms with E-state index in [0.717, 1.165) is 35.3 Å². The summed E-state index contributed by atoms with van der Waals surface area (Å²) in [6.07, 6.45) is 8.09. The number of hydrogen-bond acceptors (Lipinski definition) is 2. The van der Waals surface area contributed by atoms with Crippen molar-refractivity contribution in [1.82, 2.24) is 9.55 Å². The SMILES string of the molecule is COC(=O)c1c[nH]c(-c2ccc(-n3cccc3)cc2)c1C1CC1. The van der Waals surface area contributed by atoms with E-state index in [9.17, 15) is 4.79 Å². The monoisotopic (exact) mass is 306 g/mol. The van der Waals surface area contributed by atoms with E-state index in [2.05, 4.69) is 33.8 Å². The van der Waals surface area contributed by atoms with Gasteiger partial charge >= 0.3 is 5.97 Å². The minimum atomic E-state index is -0.265. The maximum absolute atomic E-state index is 12.0. The number of nitrogens with zero attached hydrogens (tertiary/aromatic N) is 1. The highest BCUT2D eigenvalue weighted by atomic mass is 16.5. The summed E-state index contributed by atoms with van der Waals surface area (Å²) in [5.41, 5.74) is 5.02. The van der Waals surface area contributed by atoms with E-state index < -0.39 is 0 Å². The zero-order valence-corrected chi connectivity index (χ0v) is 13.0. The Labute approximate surface area is 134 Å². The number of aromatic nitrogens is 2.